The monoisotopic (exact) mass is 488 g/mol. The van der Waals surface area contributed by atoms with Crippen LogP contribution in [0.2, 0.25) is 0 Å². The Bertz CT molecular complexity index is 1130. The van der Waals surface area contributed by atoms with Crippen LogP contribution in [-0.2, 0) is 10.2 Å². The van der Waals surface area contributed by atoms with E-state index in [-0.39, 0.29) is 17.4 Å². The average molecular weight is 488 g/mol. The highest BCUT2D eigenvalue weighted by Crippen LogP contribution is 2.52. The summed E-state index contributed by atoms with van der Waals surface area (Å²) in [6.07, 6.45) is 4.05. The summed E-state index contributed by atoms with van der Waals surface area (Å²) in [6, 6.07) is 5.71. The molecule has 7 nitrogen and oxygen atoms in total. The SMILES string of the molecule is O=C1NCC2(CC2)c2[nH]c(-c3ccnc4ccc(OC5COC5)nc34)c(I)c21. The van der Waals surface area contributed by atoms with Crippen LogP contribution < -0.4 is 10.1 Å². The summed E-state index contributed by atoms with van der Waals surface area (Å²) >= 11 is 2.27. The number of H-pyrrole nitrogens is 1. The number of fused-ring (bicyclic) bond motifs is 3. The Kier molecular flexibility index (Phi) is 3.52. The van der Waals surface area contributed by atoms with Crippen LogP contribution in [0.1, 0.15) is 28.9 Å². The molecule has 3 aromatic rings. The van der Waals surface area contributed by atoms with Crippen LogP contribution in [0.25, 0.3) is 22.3 Å². The van der Waals surface area contributed by atoms with Crippen molar-refractivity contribution >= 4 is 39.5 Å². The summed E-state index contributed by atoms with van der Waals surface area (Å²) in [5, 5.41) is 3.05. The van der Waals surface area contributed by atoms with Gasteiger partial charge in [-0.1, -0.05) is 0 Å². The number of carbonyl (C=O) groups excluding carboxylic acids is 1. The van der Waals surface area contributed by atoms with E-state index in [1.54, 1.807) is 6.20 Å². The number of carbonyl (C=O) groups is 1. The molecular formula is C20H17IN4O3. The van der Waals surface area contributed by atoms with E-state index in [0.29, 0.717) is 25.6 Å². The number of hydrogen-bond acceptors (Lipinski definition) is 5. The van der Waals surface area contributed by atoms with Gasteiger partial charge < -0.3 is 19.8 Å². The third-order valence-electron chi connectivity index (χ3n) is 5.86. The van der Waals surface area contributed by atoms with E-state index >= 15 is 0 Å². The van der Waals surface area contributed by atoms with Gasteiger partial charge in [0.25, 0.3) is 5.91 Å². The fraction of sp³-hybridized carbons (Fsp3) is 0.350. The van der Waals surface area contributed by atoms with Crippen molar-refractivity contribution in [3.63, 3.8) is 0 Å². The van der Waals surface area contributed by atoms with E-state index < -0.39 is 0 Å². The van der Waals surface area contributed by atoms with Crippen LogP contribution in [-0.4, -0.2) is 46.7 Å². The molecule has 0 radical (unpaired) electrons. The number of aromatic nitrogens is 3. The lowest BCUT2D eigenvalue weighted by atomic mass is 9.95. The molecule has 6 rings (SSSR count). The van der Waals surface area contributed by atoms with E-state index in [4.69, 9.17) is 14.5 Å². The fourth-order valence-corrected chi connectivity index (χ4v) is 4.95. The number of pyridine rings is 2. The Hall–Kier alpha value is -2.20. The van der Waals surface area contributed by atoms with Gasteiger partial charge in [-0.05, 0) is 47.6 Å². The average Bonchev–Trinajstić information content (AvgIpc) is 3.37. The number of nitrogens with one attached hydrogen (secondary N) is 2. The molecule has 1 saturated carbocycles. The molecule has 2 N–H and O–H groups in total. The molecule has 1 saturated heterocycles. The minimum absolute atomic E-state index is 0.000230. The Labute approximate surface area is 174 Å². The van der Waals surface area contributed by atoms with Gasteiger partial charge in [-0.3, -0.25) is 9.78 Å². The molecule has 1 spiro atoms. The maximum absolute atomic E-state index is 12.5. The van der Waals surface area contributed by atoms with E-state index in [0.717, 1.165) is 50.0 Å². The van der Waals surface area contributed by atoms with Gasteiger partial charge in [-0.25, -0.2) is 4.98 Å². The first kappa shape index (κ1) is 16.7. The number of ether oxygens (including phenoxy) is 2. The fourth-order valence-electron chi connectivity index (χ4n) is 4.01. The van der Waals surface area contributed by atoms with Gasteiger partial charge >= 0.3 is 0 Å². The third kappa shape index (κ3) is 2.40. The molecule has 1 amide bonds. The zero-order valence-electron chi connectivity index (χ0n) is 14.9. The summed E-state index contributed by atoms with van der Waals surface area (Å²) in [5.41, 5.74) is 5.35. The molecule has 3 aromatic heterocycles. The number of rotatable bonds is 3. The van der Waals surface area contributed by atoms with Crippen LogP contribution in [0.15, 0.2) is 24.4 Å². The zero-order chi connectivity index (χ0) is 18.9. The smallest absolute Gasteiger partial charge is 0.254 e. The normalized spacial score (nSPS) is 20.0. The molecule has 1 aliphatic carbocycles. The van der Waals surface area contributed by atoms with Crippen LogP contribution in [0.4, 0.5) is 0 Å². The molecule has 0 aromatic carbocycles. The van der Waals surface area contributed by atoms with Crippen LogP contribution in [0, 0.1) is 3.57 Å². The predicted molar refractivity (Wildman–Crippen MR) is 111 cm³/mol. The molecule has 2 aliphatic heterocycles. The number of hydrogen-bond donors (Lipinski definition) is 2. The highest BCUT2D eigenvalue weighted by Gasteiger charge is 2.51. The number of nitrogens with zero attached hydrogens (tertiary/aromatic N) is 2. The minimum Gasteiger partial charge on any atom is -0.469 e. The van der Waals surface area contributed by atoms with Gasteiger partial charge in [0, 0.05) is 35.5 Å². The molecule has 0 atom stereocenters. The second kappa shape index (κ2) is 5.90. The first-order chi connectivity index (χ1) is 13.6. The number of amides is 1. The van der Waals surface area contributed by atoms with Crippen LogP contribution >= 0.6 is 22.6 Å². The molecule has 2 fully saturated rings. The van der Waals surface area contributed by atoms with Crippen molar-refractivity contribution in [2.24, 2.45) is 0 Å². The summed E-state index contributed by atoms with van der Waals surface area (Å²) in [4.78, 5) is 25.3. The van der Waals surface area contributed by atoms with Gasteiger partial charge in [0.1, 0.15) is 11.6 Å². The van der Waals surface area contributed by atoms with E-state index in [1.807, 2.05) is 18.2 Å². The predicted octanol–water partition coefficient (Wildman–Crippen LogP) is 2.78. The third-order valence-corrected chi connectivity index (χ3v) is 6.94. The largest absolute Gasteiger partial charge is 0.469 e. The van der Waals surface area contributed by atoms with E-state index in [1.165, 1.54) is 0 Å². The van der Waals surface area contributed by atoms with Gasteiger partial charge in [-0.15, -0.1) is 0 Å². The molecule has 28 heavy (non-hydrogen) atoms. The van der Waals surface area contributed by atoms with Gasteiger partial charge in [-0.2, -0.15) is 0 Å². The Morgan fingerprint density at radius 2 is 2.11 bits per heavy atom. The minimum atomic E-state index is -0.000230. The second-order valence-corrected chi connectivity index (χ2v) is 8.76. The summed E-state index contributed by atoms with van der Waals surface area (Å²) < 4.78 is 12.0. The molecule has 0 unspecified atom stereocenters. The Morgan fingerprint density at radius 1 is 1.25 bits per heavy atom. The van der Waals surface area contributed by atoms with Crippen molar-refractivity contribution in [3.05, 3.63) is 39.2 Å². The maximum atomic E-state index is 12.5. The Morgan fingerprint density at radius 3 is 2.86 bits per heavy atom. The molecular weight excluding hydrogens is 471 g/mol. The zero-order valence-corrected chi connectivity index (χ0v) is 17.1. The lowest BCUT2D eigenvalue weighted by Gasteiger charge is -2.26. The summed E-state index contributed by atoms with van der Waals surface area (Å²) in [5.74, 6) is 0.567. The highest BCUT2D eigenvalue weighted by atomic mass is 127. The van der Waals surface area contributed by atoms with Crippen molar-refractivity contribution in [2.45, 2.75) is 24.4 Å². The number of aromatic amines is 1. The summed E-state index contributed by atoms with van der Waals surface area (Å²) in [7, 11) is 0. The topological polar surface area (TPSA) is 89.1 Å². The highest BCUT2D eigenvalue weighted by molar-refractivity contribution is 14.1. The van der Waals surface area contributed by atoms with Crippen molar-refractivity contribution in [1.82, 2.24) is 20.3 Å². The molecule has 142 valence electrons. The van der Waals surface area contributed by atoms with Crippen molar-refractivity contribution in [2.75, 3.05) is 19.8 Å². The van der Waals surface area contributed by atoms with Gasteiger partial charge in [0.2, 0.25) is 5.88 Å². The van der Waals surface area contributed by atoms with Crippen molar-refractivity contribution < 1.29 is 14.3 Å². The maximum Gasteiger partial charge on any atom is 0.254 e. The second-order valence-electron chi connectivity index (χ2n) is 7.68. The summed E-state index contributed by atoms with van der Waals surface area (Å²) in [6.45, 7) is 1.90. The molecule has 8 heteroatoms. The van der Waals surface area contributed by atoms with Crippen molar-refractivity contribution in [3.8, 4) is 17.1 Å². The van der Waals surface area contributed by atoms with Crippen molar-refractivity contribution in [1.29, 1.82) is 0 Å². The number of halogens is 1. The van der Waals surface area contributed by atoms with E-state index in [9.17, 15) is 4.79 Å². The van der Waals surface area contributed by atoms with Crippen LogP contribution in [0.3, 0.4) is 0 Å². The lowest BCUT2D eigenvalue weighted by molar-refractivity contribution is -0.0812. The Balaban J connectivity index is 1.51. The molecule has 0 bridgehead atoms. The van der Waals surface area contributed by atoms with Crippen LogP contribution in [0.5, 0.6) is 5.88 Å². The standard InChI is InChI=1S/C20H17IN4O3/c21-15-14-18(20(4-5-20)9-23-19(14)26)25-17(15)11-3-6-22-12-1-2-13(24-16(11)12)28-10-7-27-8-10/h1-3,6,10,25H,4-5,7-9H2,(H,23,26). The van der Waals surface area contributed by atoms with Gasteiger partial charge in [0.05, 0.1) is 33.6 Å². The van der Waals surface area contributed by atoms with E-state index in [2.05, 4.69) is 37.9 Å². The first-order valence-electron chi connectivity index (χ1n) is 9.35. The van der Waals surface area contributed by atoms with Gasteiger partial charge in [0.15, 0.2) is 0 Å². The molecule has 5 heterocycles. The quantitative estimate of drug-likeness (QED) is 0.554. The lowest BCUT2D eigenvalue weighted by Crippen LogP contribution is -2.39. The first-order valence-corrected chi connectivity index (χ1v) is 10.4. The molecule has 3 aliphatic rings.